The summed E-state index contributed by atoms with van der Waals surface area (Å²) in [6, 6.07) is 5.84. The van der Waals surface area contributed by atoms with Crippen LogP contribution in [0, 0.1) is 19.8 Å². The molecule has 1 N–H and O–H groups in total. The van der Waals surface area contributed by atoms with Crippen LogP contribution in [-0.4, -0.2) is 33.0 Å². The van der Waals surface area contributed by atoms with Crippen LogP contribution in [0.1, 0.15) is 35.5 Å². The maximum atomic E-state index is 12.8. The van der Waals surface area contributed by atoms with Crippen molar-refractivity contribution < 1.29 is 26.0 Å². The van der Waals surface area contributed by atoms with Crippen LogP contribution in [0.4, 0.5) is 13.2 Å². The minimum Gasteiger partial charge on any atom is -0.466 e. The first-order chi connectivity index (χ1) is 13.5. The van der Waals surface area contributed by atoms with Gasteiger partial charge in [-0.2, -0.15) is 13.2 Å². The third-order valence-electron chi connectivity index (χ3n) is 5.28. The fraction of sp³-hybridized carbons (Fsp3) is 0.500. The Balaban J connectivity index is 1.53. The van der Waals surface area contributed by atoms with Gasteiger partial charge >= 0.3 is 6.18 Å². The van der Waals surface area contributed by atoms with Crippen LogP contribution in [-0.2, 0) is 22.7 Å². The number of aryl methyl sites for hydroxylation is 2. The van der Waals surface area contributed by atoms with Gasteiger partial charge in [-0.25, -0.2) is 13.1 Å². The molecule has 0 saturated carbocycles. The summed E-state index contributed by atoms with van der Waals surface area (Å²) < 4.78 is 71.3. The zero-order valence-electron chi connectivity index (χ0n) is 16.4. The van der Waals surface area contributed by atoms with Crippen molar-refractivity contribution in [3.63, 3.8) is 0 Å². The molecular formula is C20H25F3N2O3S. The van der Waals surface area contributed by atoms with E-state index in [1.807, 2.05) is 19.9 Å². The second kappa shape index (κ2) is 8.49. The van der Waals surface area contributed by atoms with Crippen molar-refractivity contribution >= 4 is 10.0 Å². The maximum Gasteiger partial charge on any atom is 0.416 e. The van der Waals surface area contributed by atoms with Crippen LogP contribution < -0.4 is 4.72 Å². The van der Waals surface area contributed by atoms with E-state index in [-0.39, 0.29) is 17.4 Å². The quantitative estimate of drug-likeness (QED) is 0.749. The summed E-state index contributed by atoms with van der Waals surface area (Å²) in [4.78, 5) is 1.94. The molecule has 1 aromatic heterocycles. The Kier molecular flexibility index (Phi) is 6.40. The number of hydrogen-bond acceptors (Lipinski definition) is 4. The number of nitrogens with one attached hydrogen (secondary N) is 1. The van der Waals surface area contributed by atoms with E-state index in [1.54, 1.807) is 0 Å². The van der Waals surface area contributed by atoms with Crippen LogP contribution in [0.15, 0.2) is 39.6 Å². The van der Waals surface area contributed by atoms with Gasteiger partial charge in [0.2, 0.25) is 10.0 Å². The van der Waals surface area contributed by atoms with Crippen LogP contribution >= 0.6 is 0 Å². The molecule has 1 aliphatic rings. The van der Waals surface area contributed by atoms with Gasteiger partial charge in [-0.05, 0) is 70.0 Å². The Morgan fingerprint density at radius 3 is 2.45 bits per heavy atom. The Morgan fingerprint density at radius 1 is 1.17 bits per heavy atom. The zero-order valence-corrected chi connectivity index (χ0v) is 17.2. The van der Waals surface area contributed by atoms with Crippen molar-refractivity contribution in [1.82, 2.24) is 9.62 Å². The van der Waals surface area contributed by atoms with E-state index in [0.29, 0.717) is 6.07 Å². The van der Waals surface area contributed by atoms with E-state index in [4.69, 9.17) is 4.42 Å². The number of rotatable bonds is 6. The number of likely N-dealkylation sites (tertiary alicyclic amines) is 1. The molecule has 0 aliphatic carbocycles. The fourth-order valence-electron chi connectivity index (χ4n) is 3.58. The van der Waals surface area contributed by atoms with E-state index in [1.165, 1.54) is 6.07 Å². The highest BCUT2D eigenvalue weighted by Crippen LogP contribution is 2.30. The lowest BCUT2D eigenvalue weighted by molar-refractivity contribution is -0.137. The number of nitrogens with zero attached hydrogens (tertiary/aromatic N) is 1. The molecule has 0 atom stereocenters. The molecule has 3 rings (SSSR count). The molecule has 5 nitrogen and oxygen atoms in total. The smallest absolute Gasteiger partial charge is 0.416 e. The summed E-state index contributed by atoms with van der Waals surface area (Å²) in [5.41, 5.74) is 0.185. The minimum absolute atomic E-state index is 0.152. The summed E-state index contributed by atoms with van der Waals surface area (Å²) in [5, 5.41) is 0. The van der Waals surface area contributed by atoms with E-state index >= 15 is 0 Å². The average molecular weight is 430 g/mol. The topological polar surface area (TPSA) is 62.6 Å². The van der Waals surface area contributed by atoms with Crippen LogP contribution in [0.2, 0.25) is 0 Å². The number of hydrogen-bond donors (Lipinski definition) is 1. The van der Waals surface area contributed by atoms with E-state index in [0.717, 1.165) is 61.7 Å². The van der Waals surface area contributed by atoms with E-state index < -0.39 is 21.8 Å². The highest BCUT2D eigenvalue weighted by atomic mass is 32.2. The van der Waals surface area contributed by atoms with Gasteiger partial charge < -0.3 is 4.42 Å². The van der Waals surface area contributed by atoms with Crippen molar-refractivity contribution in [2.24, 2.45) is 5.92 Å². The fourth-order valence-corrected chi connectivity index (χ4v) is 4.74. The second-order valence-electron chi connectivity index (χ2n) is 7.54. The lowest BCUT2D eigenvalue weighted by Crippen LogP contribution is -2.38. The van der Waals surface area contributed by atoms with Gasteiger partial charge in [0.1, 0.15) is 11.5 Å². The van der Waals surface area contributed by atoms with Crippen molar-refractivity contribution in [2.45, 2.75) is 44.3 Å². The largest absolute Gasteiger partial charge is 0.466 e. The molecule has 160 valence electrons. The molecule has 1 aromatic carbocycles. The van der Waals surface area contributed by atoms with Crippen molar-refractivity contribution in [2.75, 3.05) is 19.6 Å². The average Bonchev–Trinajstić information content (AvgIpc) is 2.97. The molecule has 0 amide bonds. The molecule has 0 unspecified atom stereocenters. The molecule has 9 heteroatoms. The summed E-state index contributed by atoms with van der Waals surface area (Å²) in [5.74, 6) is 1.95. The Bertz CT molecular complexity index is 946. The van der Waals surface area contributed by atoms with Crippen LogP contribution in [0.3, 0.4) is 0 Å². The van der Waals surface area contributed by atoms with Gasteiger partial charge in [0.15, 0.2) is 0 Å². The normalized spacial score (nSPS) is 17.0. The Morgan fingerprint density at radius 2 is 1.86 bits per heavy atom. The summed E-state index contributed by atoms with van der Waals surface area (Å²) in [6.45, 7) is 6.54. The SMILES string of the molecule is Cc1cc(CN2CCC(CNS(=O)(=O)c3cccc(C(F)(F)F)c3)CC2)c(C)o1. The first-order valence-electron chi connectivity index (χ1n) is 9.50. The predicted octanol–water partition coefficient (Wildman–Crippen LogP) is 4.11. The zero-order chi connectivity index (χ0) is 21.2. The van der Waals surface area contributed by atoms with Gasteiger partial charge in [0.25, 0.3) is 0 Å². The van der Waals surface area contributed by atoms with Crippen molar-refractivity contribution in [1.29, 1.82) is 0 Å². The summed E-state index contributed by atoms with van der Waals surface area (Å²) in [7, 11) is -3.98. The van der Waals surface area contributed by atoms with Gasteiger partial charge in [-0.15, -0.1) is 0 Å². The molecule has 2 heterocycles. The predicted molar refractivity (Wildman–Crippen MR) is 103 cm³/mol. The first-order valence-corrected chi connectivity index (χ1v) is 11.0. The monoisotopic (exact) mass is 430 g/mol. The number of benzene rings is 1. The van der Waals surface area contributed by atoms with Crippen LogP contribution in [0.25, 0.3) is 0 Å². The summed E-state index contributed by atoms with van der Waals surface area (Å²) >= 11 is 0. The molecule has 29 heavy (non-hydrogen) atoms. The molecule has 2 aromatic rings. The minimum atomic E-state index is -4.58. The second-order valence-corrected chi connectivity index (χ2v) is 9.30. The van der Waals surface area contributed by atoms with Gasteiger partial charge in [-0.1, -0.05) is 6.07 Å². The standard InChI is InChI=1S/C20H25F3N2O3S/c1-14-10-17(15(2)28-14)13-25-8-6-16(7-9-25)12-24-29(26,27)19-5-3-4-18(11-19)20(21,22)23/h3-5,10-11,16,24H,6-9,12-13H2,1-2H3. The number of sulfonamides is 1. The Hall–Kier alpha value is -1.84. The van der Waals surface area contributed by atoms with Crippen molar-refractivity contribution in [3.8, 4) is 0 Å². The lowest BCUT2D eigenvalue weighted by Gasteiger charge is -2.31. The highest BCUT2D eigenvalue weighted by Gasteiger charge is 2.32. The number of halogens is 3. The third-order valence-corrected chi connectivity index (χ3v) is 6.70. The lowest BCUT2D eigenvalue weighted by atomic mass is 9.97. The van der Waals surface area contributed by atoms with Gasteiger partial charge in [-0.3, -0.25) is 4.90 Å². The van der Waals surface area contributed by atoms with Gasteiger partial charge in [0, 0.05) is 18.7 Å². The number of piperidine rings is 1. The molecule has 0 radical (unpaired) electrons. The van der Waals surface area contributed by atoms with E-state index in [9.17, 15) is 21.6 Å². The van der Waals surface area contributed by atoms with Crippen molar-refractivity contribution in [3.05, 3.63) is 53.0 Å². The molecule has 1 saturated heterocycles. The Labute approximate surface area is 168 Å². The molecule has 1 aliphatic heterocycles. The van der Waals surface area contributed by atoms with Gasteiger partial charge in [0.05, 0.1) is 10.5 Å². The summed E-state index contributed by atoms with van der Waals surface area (Å²) in [6.07, 6.45) is -2.94. The molecule has 0 spiro atoms. The highest BCUT2D eigenvalue weighted by molar-refractivity contribution is 7.89. The molecule has 0 bridgehead atoms. The maximum absolute atomic E-state index is 12.8. The molecular weight excluding hydrogens is 405 g/mol. The first kappa shape index (κ1) is 21.9. The van der Waals surface area contributed by atoms with Crippen LogP contribution in [0.5, 0.6) is 0 Å². The molecule has 1 fully saturated rings. The number of alkyl halides is 3. The third kappa shape index (κ3) is 5.61. The number of furan rings is 1. The van der Waals surface area contributed by atoms with E-state index in [2.05, 4.69) is 9.62 Å².